The summed E-state index contributed by atoms with van der Waals surface area (Å²) >= 11 is 9.43. The van der Waals surface area contributed by atoms with Crippen LogP contribution in [-0.2, 0) is 6.42 Å². The van der Waals surface area contributed by atoms with Crippen molar-refractivity contribution in [2.45, 2.75) is 32.6 Å². The Balaban J connectivity index is 3.06. The van der Waals surface area contributed by atoms with E-state index in [1.54, 1.807) is 12.1 Å². The van der Waals surface area contributed by atoms with E-state index in [2.05, 4.69) is 29.8 Å². The van der Waals surface area contributed by atoms with Crippen LogP contribution in [0.15, 0.2) is 22.7 Å². The number of nitro benzene ring substituents is 1. The Bertz CT molecular complexity index is 427. The monoisotopic (exact) mass is 333 g/mol. The van der Waals surface area contributed by atoms with E-state index in [-0.39, 0.29) is 21.9 Å². The number of nitro groups is 1. The normalized spacial score (nSPS) is 14.6. The Morgan fingerprint density at radius 1 is 1.39 bits per heavy atom. The van der Waals surface area contributed by atoms with Gasteiger partial charge in [0.05, 0.1) is 4.92 Å². The minimum Gasteiger partial charge on any atom is -0.258 e. The highest BCUT2D eigenvalue weighted by molar-refractivity contribution is 9.10. The van der Waals surface area contributed by atoms with Crippen LogP contribution in [0.2, 0.25) is 0 Å². The fourth-order valence-corrected chi connectivity index (χ4v) is 2.79. The van der Waals surface area contributed by atoms with Gasteiger partial charge in [0.2, 0.25) is 0 Å². The molecule has 0 fully saturated rings. The molecule has 2 unspecified atom stereocenters. The van der Waals surface area contributed by atoms with Gasteiger partial charge in [-0.3, -0.25) is 10.1 Å². The first kappa shape index (κ1) is 15.4. The third kappa shape index (κ3) is 3.95. The summed E-state index contributed by atoms with van der Waals surface area (Å²) in [5.41, 5.74) is 0.904. The van der Waals surface area contributed by atoms with Crippen molar-refractivity contribution in [2.75, 3.05) is 0 Å². The molecular weight excluding hydrogens is 318 g/mol. The number of nitrogens with zero attached hydrogens (tertiary/aromatic N) is 1. The Hall–Kier alpha value is -0.610. The lowest BCUT2D eigenvalue weighted by Gasteiger charge is -2.23. The minimum atomic E-state index is -0.337. The zero-order chi connectivity index (χ0) is 13.9. The van der Waals surface area contributed by atoms with E-state index < -0.39 is 0 Å². The number of benzene rings is 1. The molecule has 0 aliphatic heterocycles. The summed E-state index contributed by atoms with van der Waals surface area (Å²) < 4.78 is 0.720. The summed E-state index contributed by atoms with van der Waals surface area (Å²) in [7, 11) is 0. The molecule has 0 aliphatic rings. The van der Waals surface area contributed by atoms with Crippen molar-refractivity contribution in [3.05, 3.63) is 38.3 Å². The van der Waals surface area contributed by atoms with Crippen LogP contribution in [0, 0.1) is 22.0 Å². The van der Waals surface area contributed by atoms with Crippen molar-refractivity contribution in [3.8, 4) is 0 Å². The SMILES string of the molecule is CC(C)C(Cc1ccc(Br)cc1[N+](=O)[O-])C(C)Cl. The van der Waals surface area contributed by atoms with Gasteiger partial charge in [0, 0.05) is 21.5 Å². The van der Waals surface area contributed by atoms with Gasteiger partial charge in [-0.1, -0.05) is 35.8 Å². The lowest BCUT2D eigenvalue weighted by atomic mass is 9.86. The van der Waals surface area contributed by atoms with E-state index in [4.69, 9.17) is 11.6 Å². The highest BCUT2D eigenvalue weighted by atomic mass is 79.9. The minimum absolute atomic E-state index is 0.00625. The second kappa shape index (κ2) is 6.53. The number of hydrogen-bond donors (Lipinski definition) is 0. The smallest absolute Gasteiger partial charge is 0.258 e. The Morgan fingerprint density at radius 3 is 2.44 bits per heavy atom. The molecule has 0 N–H and O–H groups in total. The summed E-state index contributed by atoms with van der Waals surface area (Å²) in [5, 5.41) is 11.0. The zero-order valence-electron chi connectivity index (χ0n) is 10.7. The molecular formula is C13H17BrClNO2. The van der Waals surface area contributed by atoms with Gasteiger partial charge in [-0.05, 0) is 31.2 Å². The number of rotatable bonds is 5. The third-order valence-electron chi connectivity index (χ3n) is 3.15. The zero-order valence-corrected chi connectivity index (χ0v) is 13.0. The summed E-state index contributed by atoms with van der Waals surface area (Å²) in [6.07, 6.45) is 0.631. The number of alkyl halides is 1. The van der Waals surface area contributed by atoms with Crippen LogP contribution in [-0.4, -0.2) is 10.3 Å². The van der Waals surface area contributed by atoms with Gasteiger partial charge in [0.15, 0.2) is 0 Å². The predicted octanol–water partition coefficient (Wildman–Crippen LogP) is 4.80. The maximum Gasteiger partial charge on any atom is 0.273 e. The standard InChI is InChI=1S/C13H17BrClNO2/c1-8(2)12(9(3)15)6-10-4-5-11(14)7-13(10)16(17)18/h4-5,7-9,12H,6H2,1-3H3. The second-order valence-corrected chi connectivity index (χ2v) is 6.42. The molecule has 0 heterocycles. The summed E-state index contributed by atoms with van der Waals surface area (Å²) in [5.74, 6) is 0.618. The molecule has 100 valence electrons. The summed E-state index contributed by atoms with van der Waals surface area (Å²) in [6, 6.07) is 5.18. The fraction of sp³-hybridized carbons (Fsp3) is 0.538. The summed E-state index contributed by atoms with van der Waals surface area (Å²) in [4.78, 5) is 10.7. The van der Waals surface area contributed by atoms with E-state index in [1.807, 2.05) is 13.0 Å². The van der Waals surface area contributed by atoms with Crippen molar-refractivity contribution < 1.29 is 4.92 Å². The van der Waals surface area contributed by atoms with E-state index in [1.165, 1.54) is 0 Å². The van der Waals surface area contributed by atoms with Crippen molar-refractivity contribution in [1.82, 2.24) is 0 Å². The van der Waals surface area contributed by atoms with Gasteiger partial charge < -0.3 is 0 Å². The first-order chi connectivity index (χ1) is 8.32. The molecule has 1 rings (SSSR count). The molecule has 0 saturated carbocycles. The van der Waals surface area contributed by atoms with Gasteiger partial charge in [0.1, 0.15) is 0 Å². The van der Waals surface area contributed by atoms with Crippen molar-refractivity contribution in [1.29, 1.82) is 0 Å². The van der Waals surface area contributed by atoms with Crippen LogP contribution in [0.25, 0.3) is 0 Å². The molecule has 2 atom stereocenters. The second-order valence-electron chi connectivity index (χ2n) is 4.82. The average molecular weight is 335 g/mol. The van der Waals surface area contributed by atoms with Crippen LogP contribution in [0.3, 0.4) is 0 Å². The molecule has 3 nitrogen and oxygen atoms in total. The molecule has 0 aromatic heterocycles. The Morgan fingerprint density at radius 2 is 2.00 bits per heavy atom. The largest absolute Gasteiger partial charge is 0.273 e. The molecule has 0 bridgehead atoms. The Labute approximate surface area is 121 Å². The third-order valence-corrected chi connectivity index (χ3v) is 3.96. The van der Waals surface area contributed by atoms with E-state index in [0.717, 1.165) is 10.0 Å². The summed E-state index contributed by atoms with van der Waals surface area (Å²) in [6.45, 7) is 6.12. The van der Waals surface area contributed by atoms with Gasteiger partial charge in [-0.2, -0.15) is 0 Å². The van der Waals surface area contributed by atoms with E-state index >= 15 is 0 Å². The maximum absolute atomic E-state index is 11.0. The van der Waals surface area contributed by atoms with E-state index in [9.17, 15) is 10.1 Å². The number of hydrogen-bond acceptors (Lipinski definition) is 2. The molecule has 0 radical (unpaired) electrons. The van der Waals surface area contributed by atoms with Crippen molar-refractivity contribution >= 4 is 33.2 Å². The molecule has 0 amide bonds. The van der Waals surface area contributed by atoms with E-state index in [0.29, 0.717) is 12.3 Å². The van der Waals surface area contributed by atoms with Gasteiger partial charge in [-0.15, -0.1) is 11.6 Å². The molecule has 1 aromatic rings. The molecule has 18 heavy (non-hydrogen) atoms. The van der Waals surface area contributed by atoms with Crippen LogP contribution >= 0.6 is 27.5 Å². The van der Waals surface area contributed by atoms with Gasteiger partial charge >= 0.3 is 0 Å². The lowest BCUT2D eigenvalue weighted by molar-refractivity contribution is -0.385. The quantitative estimate of drug-likeness (QED) is 0.441. The fourth-order valence-electron chi connectivity index (χ4n) is 2.06. The molecule has 0 aliphatic carbocycles. The molecule has 0 spiro atoms. The first-order valence-electron chi connectivity index (χ1n) is 5.89. The number of halogens is 2. The highest BCUT2D eigenvalue weighted by Crippen LogP contribution is 2.30. The molecule has 1 aromatic carbocycles. The average Bonchev–Trinajstić information content (AvgIpc) is 2.25. The lowest BCUT2D eigenvalue weighted by Crippen LogP contribution is -2.21. The van der Waals surface area contributed by atoms with Crippen LogP contribution < -0.4 is 0 Å². The topological polar surface area (TPSA) is 43.1 Å². The van der Waals surface area contributed by atoms with Gasteiger partial charge in [-0.25, -0.2) is 0 Å². The van der Waals surface area contributed by atoms with Crippen LogP contribution in [0.5, 0.6) is 0 Å². The van der Waals surface area contributed by atoms with Crippen molar-refractivity contribution in [2.24, 2.45) is 11.8 Å². The maximum atomic E-state index is 11.0. The van der Waals surface area contributed by atoms with Crippen LogP contribution in [0.1, 0.15) is 26.3 Å². The highest BCUT2D eigenvalue weighted by Gasteiger charge is 2.23. The predicted molar refractivity (Wildman–Crippen MR) is 78.1 cm³/mol. The van der Waals surface area contributed by atoms with Crippen molar-refractivity contribution in [3.63, 3.8) is 0 Å². The van der Waals surface area contributed by atoms with Crippen LogP contribution in [0.4, 0.5) is 5.69 Å². The Kier molecular flexibility index (Phi) is 5.60. The van der Waals surface area contributed by atoms with Gasteiger partial charge in [0.25, 0.3) is 5.69 Å². The molecule has 5 heteroatoms. The first-order valence-corrected chi connectivity index (χ1v) is 7.12. The molecule has 0 saturated heterocycles.